The Bertz CT molecular complexity index is 1130. The summed E-state index contributed by atoms with van der Waals surface area (Å²) in [7, 11) is 0.287. The van der Waals surface area contributed by atoms with Crippen LogP contribution in [0.5, 0.6) is 0 Å². The predicted octanol–water partition coefficient (Wildman–Crippen LogP) is 3.03. The highest BCUT2D eigenvalue weighted by molar-refractivity contribution is 7.92. The molecule has 0 saturated carbocycles. The number of nitrogens with zero attached hydrogens (tertiary/aromatic N) is 2. The highest BCUT2D eigenvalue weighted by Gasteiger charge is 2.19. The normalized spacial score (nSPS) is 12.0. The SMILES string of the molecule is CN(C)Cc1ccc(-c2ccc(S(=O)(=O)n3ccc(C=CC(=O)NO)c3)s2)cc1. The lowest BCUT2D eigenvalue weighted by molar-refractivity contribution is -0.124. The first-order valence-electron chi connectivity index (χ1n) is 8.69. The standard InChI is InChI=1S/C20H21N3O4S2/c1-22(2)13-15-3-6-17(7-4-15)18-8-10-20(28-18)29(26,27)23-12-11-16(14-23)5-9-19(24)21-25/h3-12,14,25H,13H2,1-2H3,(H,21,24). The van der Waals surface area contributed by atoms with Gasteiger partial charge in [0.2, 0.25) is 0 Å². The average Bonchev–Trinajstić information content (AvgIpc) is 3.36. The molecule has 3 rings (SSSR count). The van der Waals surface area contributed by atoms with Crippen LogP contribution in [0.3, 0.4) is 0 Å². The van der Waals surface area contributed by atoms with Crippen LogP contribution < -0.4 is 5.48 Å². The summed E-state index contributed by atoms with van der Waals surface area (Å²) >= 11 is 1.20. The van der Waals surface area contributed by atoms with Gasteiger partial charge in [0.05, 0.1) is 0 Å². The summed E-state index contributed by atoms with van der Waals surface area (Å²) in [5.74, 6) is -0.694. The Labute approximate surface area is 173 Å². The van der Waals surface area contributed by atoms with Crippen molar-refractivity contribution in [3.63, 3.8) is 0 Å². The van der Waals surface area contributed by atoms with Gasteiger partial charge in [-0.15, -0.1) is 11.3 Å². The maximum Gasteiger partial charge on any atom is 0.277 e. The number of aromatic nitrogens is 1. The molecule has 1 aromatic carbocycles. The van der Waals surface area contributed by atoms with Crippen LogP contribution in [0.2, 0.25) is 0 Å². The molecule has 152 valence electrons. The highest BCUT2D eigenvalue weighted by atomic mass is 32.2. The molecule has 29 heavy (non-hydrogen) atoms. The van der Waals surface area contributed by atoms with E-state index in [1.807, 2.05) is 38.4 Å². The molecule has 0 spiro atoms. The van der Waals surface area contributed by atoms with Crippen LogP contribution in [-0.2, 0) is 21.4 Å². The first kappa shape index (κ1) is 21.0. The van der Waals surface area contributed by atoms with E-state index in [2.05, 4.69) is 4.90 Å². The Morgan fingerprint density at radius 2 is 1.90 bits per heavy atom. The molecule has 0 radical (unpaired) electrons. The van der Waals surface area contributed by atoms with E-state index in [0.29, 0.717) is 5.56 Å². The fourth-order valence-electron chi connectivity index (χ4n) is 2.71. The van der Waals surface area contributed by atoms with Gasteiger partial charge >= 0.3 is 0 Å². The second-order valence-corrected chi connectivity index (χ2v) is 9.80. The van der Waals surface area contributed by atoms with Crippen LogP contribution >= 0.6 is 11.3 Å². The number of benzene rings is 1. The van der Waals surface area contributed by atoms with E-state index >= 15 is 0 Å². The average molecular weight is 432 g/mol. The lowest BCUT2D eigenvalue weighted by atomic mass is 10.1. The number of amides is 1. The lowest BCUT2D eigenvalue weighted by Crippen LogP contribution is -2.14. The molecule has 0 saturated heterocycles. The number of hydrogen-bond donors (Lipinski definition) is 2. The van der Waals surface area contributed by atoms with Gasteiger partial charge in [0.1, 0.15) is 4.21 Å². The Morgan fingerprint density at radius 3 is 2.55 bits per heavy atom. The maximum absolute atomic E-state index is 12.9. The third-order valence-corrected chi connectivity index (χ3v) is 7.32. The minimum atomic E-state index is -3.73. The Balaban J connectivity index is 1.81. The van der Waals surface area contributed by atoms with E-state index in [-0.39, 0.29) is 4.21 Å². The van der Waals surface area contributed by atoms with Crippen LogP contribution in [0.4, 0.5) is 0 Å². The molecule has 0 atom stereocenters. The molecule has 7 nitrogen and oxygen atoms in total. The number of hydroxylamine groups is 1. The van der Waals surface area contributed by atoms with Crippen molar-refractivity contribution in [3.05, 3.63) is 72.1 Å². The molecular formula is C20H21N3O4S2. The monoisotopic (exact) mass is 431 g/mol. The van der Waals surface area contributed by atoms with E-state index < -0.39 is 15.9 Å². The fraction of sp³-hybridized carbons (Fsp3) is 0.150. The van der Waals surface area contributed by atoms with Crippen molar-refractivity contribution in [2.24, 2.45) is 0 Å². The Hall–Kier alpha value is -2.72. The minimum Gasteiger partial charge on any atom is -0.305 e. The predicted molar refractivity (Wildman–Crippen MR) is 113 cm³/mol. The van der Waals surface area contributed by atoms with Gasteiger partial charge in [0.25, 0.3) is 15.9 Å². The zero-order chi connectivity index (χ0) is 21.0. The summed E-state index contributed by atoms with van der Waals surface area (Å²) in [6.45, 7) is 0.842. The molecule has 2 aromatic heterocycles. The molecule has 1 amide bonds. The van der Waals surface area contributed by atoms with Crippen LogP contribution in [-0.4, -0.2) is 42.5 Å². The Kier molecular flexibility index (Phi) is 6.33. The van der Waals surface area contributed by atoms with Crippen molar-refractivity contribution in [2.75, 3.05) is 14.1 Å². The molecule has 0 aliphatic carbocycles. The highest BCUT2D eigenvalue weighted by Crippen LogP contribution is 2.32. The van der Waals surface area contributed by atoms with Gasteiger partial charge in [-0.3, -0.25) is 10.0 Å². The Morgan fingerprint density at radius 1 is 1.17 bits per heavy atom. The van der Waals surface area contributed by atoms with Crippen LogP contribution in [0.25, 0.3) is 16.5 Å². The van der Waals surface area contributed by atoms with Gasteiger partial charge in [-0.2, -0.15) is 8.42 Å². The lowest BCUT2D eigenvalue weighted by Gasteiger charge is -2.09. The van der Waals surface area contributed by atoms with Gasteiger partial charge < -0.3 is 4.90 Å². The third-order valence-electron chi connectivity index (χ3n) is 4.08. The van der Waals surface area contributed by atoms with Crippen LogP contribution in [0.15, 0.2) is 65.1 Å². The summed E-state index contributed by atoms with van der Waals surface area (Å²) < 4.78 is 27.1. The molecule has 0 unspecified atom stereocenters. The van der Waals surface area contributed by atoms with Crippen molar-refractivity contribution in [2.45, 2.75) is 10.8 Å². The van der Waals surface area contributed by atoms with Crippen LogP contribution in [0, 0.1) is 0 Å². The van der Waals surface area contributed by atoms with E-state index in [9.17, 15) is 13.2 Å². The topological polar surface area (TPSA) is 91.6 Å². The third kappa shape index (κ3) is 5.01. The minimum absolute atomic E-state index is 0.226. The molecule has 3 aromatic rings. The molecule has 0 aliphatic heterocycles. The summed E-state index contributed by atoms with van der Waals surface area (Å²) in [6.07, 6.45) is 5.34. The summed E-state index contributed by atoms with van der Waals surface area (Å²) in [4.78, 5) is 14.0. The smallest absolute Gasteiger partial charge is 0.277 e. The summed E-state index contributed by atoms with van der Waals surface area (Å²) in [6, 6.07) is 13.0. The maximum atomic E-state index is 12.9. The van der Waals surface area contributed by atoms with Gasteiger partial charge in [-0.1, -0.05) is 24.3 Å². The molecular weight excluding hydrogens is 410 g/mol. The van der Waals surface area contributed by atoms with E-state index in [1.165, 1.54) is 40.9 Å². The van der Waals surface area contributed by atoms with Crippen molar-refractivity contribution in [1.82, 2.24) is 14.4 Å². The first-order valence-corrected chi connectivity index (χ1v) is 10.9. The van der Waals surface area contributed by atoms with E-state index in [4.69, 9.17) is 5.21 Å². The summed E-state index contributed by atoms with van der Waals surface area (Å²) in [5.41, 5.74) is 4.15. The van der Waals surface area contributed by atoms with Crippen LogP contribution in [0.1, 0.15) is 11.1 Å². The molecule has 0 bridgehead atoms. The number of nitrogens with one attached hydrogen (secondary N) is 1. The van der Waals surface area contributed by atoms with Gasteiger partial charge in [0, 0.05) is 29.9 Å². The fourth-order valence-corrected chi connectivity index (χ4v) is 5.33. The van der Waals surface area contributed by atoms with Crippen molar-refractivity contribution in [3.8, 4) is 10.4 Å². The molecule has 0 aliphatic rings. The van der Waals surface area contributed by atoms with Gasteiger partial charge in [0.15, 0.2) is 0 Å². The second-order valence-electron chi connectivity index (χ2n) is 6.64. The number of thiophene rings is 1. The van der Waals surface area contributed by atoms with Crippen molar-refractivity contribution < 1.29 is 18.4 Å². The molecule has 0 fully saturated rings. The number of rotatable bonds is 7. The van der Waals surface area contributed by atoms with Gasteiger partial charge in [-0.05, 0) is 55.1 Å². The van der Waals surface area contributed by atoms with E-state index in [1.54, 1.807) is 18.2 Å². The number of hydrogen-bond acceptors (Lipinski definition) is 6. The zero-order valence-electron chi connectivity index (χ0n) is 15.9. The van der Waals surface area contributed by atoms with Crippen molar-refractivity contribution in [1.29, 1.82) is 0 Å². The second kappa shape index (κ2) is 8.75. The quantitative estimate of drug-likeness (QED) is 0.341. The van der Waals surface area contributed by atoms with Crippen molar-refractivity contribution >= 4 is 33.3 Å². The summed E-state index contributed by atoms with van der Waals surface area (Å²) in [5, 5.41) is 8.49. The van der Waals surface area contributed by atoms with E-state index in [0.717, 1.165) is 27.0 Å². The first-order chi connectivity index (χ1) is 13.8. The number of carbonyl (C=O) groups is 1. The number of carbonyl (C=O) groups excluding carboxylic acids is 1. The van der Waals surface area contributed by atoms with Gasteiger partial charge in [-0.25, -0.2) is 9.45 Å². The zero-order valence-corrected chi connectivity index (χ0v) is 17.6. The molecule has 9 heteroatoms. The molecule has 2 N–H and O–H groups in total. The largest absolute Gasteiger partial charge is 0.305 e. The molecule has 2 heterocycles.